The second-order valence-corrected chi connectivity index (χ2v) is 6.70. The minimum absolute atomic E-state index is 0.997. The normalized spacial score (nSPS) is 11.2. The predicted octanol–water partition coefficient (Wildman–Crippen LogP) is 4.53. The topological polar surface area (TPSA) is 28.7 Å². The fourth-order valence-corrected chi connectivity index (χ4v) is 3.72. The van der Waals surface area contributed by atoms with E-state index in [2.05, 4.69) is 41.2 Å². The number of thiazole rings is 1. The van der Waals surface area contributed by atoms with Crippen molar-refractivity contribution in [2.45, 2.75) is 24.5 Å². The molecule has 2 nitrogen and oxygen atoms in total. The molecule has 0 spiro atoms. The Morgan fingerprint density at radius 3 is 2.94 bits per heavy atom. The van der Waals surface area contributed by atoms with Crippen molar-refractivity contribution in [1.82, 2.24) is 9.97 Å². The SMILES string of the molecule is Cc1cc2ccc(SCc3cnc(C)s3)cc2[nH]1. The number of fused-ring (bicyclic) bond motifs is 1. The third kappa shape index (κ3) is 2.44. The van der Waals surface area contributed by atoms with Gasteiger partial charge in [0.25, 0.3) is 0 Å². The maximum absolute atomic E-state index is 4.28. The van der Waals surface area contributed by atoms with E-state index in [4.69, 9.17) is 0 Å². The lowest BCUT2D eigenvalue weighted by molar-refractivity contribution is 1.28. The number of nitrogens with one attached hydrogen (secondary N) is 1. The Balaban J connectivity index is 1.78. The van der Waals surface area contributed by atoms with E-state index in [1.807, 2.05) is 24.9 Å². The largest absolute Gasteiger partial charge is 0.359 e. The van der Waals surface area contributed by atoms with Crippen molar-refractivity contribution < 1.29 is 0 Å². The van der Waals surface area contributed by atoms with Gasteiger partial charge in [-0.1, -0.05) is 6.07 Å². The minimum atomic E-state index is 0.997. The molecule has 3 aromatic rings. The Morgan fingerprint density at radius 1 is 1.28 bits per heavy atom. The number of thioether (sulfide) groups is 1. The van der Waals surface area contributed by atoms with Crippen LogP contribution in [0.2, 0.25) is 0 Å². The first-order valence-corrected chi connectivity index (χ1v) is 7.64. The number of hydrogen-bond acceptors (Lipinski definition) is 3. The summed E-state index contributed by atoms with van der Waals surface area (Å²) < 4.78 is 0. The molecule has 0 aliphatic heterocycles. The first-order valence-electron chi connectivity index (χ1n) is 5.84. The molecule has 0 saturated heterocycles. The van der Waals surface area contributed by atoms with Crippen molar-refractivity contribution in [3.8, 4) is 0 Å². The molecule has 2 heterocycles. The molecular formula is C14H14N2S2. The molecule has 1 N–H and O–H groups in total. The molecule has 0 atom stereocenters. The summed E-state index contributed by atoms with van der Waals surface area (Å²) in [4.78, 5) is 10.3. The Hall–Kier alpha value is -1.26. The van der Waals surface area contributed by atoms with Crippen LogP contribution in [0, 0.1) is 13.8 Å². The quantitative estimate of drug-likeness (QED) is 0.711. The third-order valence-corrected chi connectivity index (χ3v) is 4.92. The lowest BCUT2D eigenvalue weighted by atomic mass is 10.2. The van der Waals surface area contributed by atoms with E-state index < -0.39 is 0 Å². The van der Waals surface area contributed by atoms with Crippen LogP contribution >= 0.6 is 23.1 Å². The van der Waals surface area contributed by atoms with Gasteiger partial charge in [-0.15, -0.1) is 23.1 Å². The van der Waals surface area contributed by atoms with Gasteiger partial charge < -0.3 is 4.98 Å². The monoisotopic (exact) mass is 274 g/mol. The van der Waals surface area contributed by atoms with Gasteiger partial charge in [-0.05, 0) is 37.4 Å². The smallest absolute Gasteiger partial charge is 0.0897 e. The number of aryl methyl sites for hydroxylation is 2. The second-order valence-electron chi connectivity index (χ2n) is 4.34. The van der Waals surface area contributed by atoms with Crippen LogP contribution in [-0.2, 0) is 5.75 Å². The number of rotatable bonds is 3. The highest BCUT2D eigenvalue weighted by Gasteiger charge is 2.02. The third-order valence-electron chi connectivity index (χ3n) is 2.78. The minimum Gasteiger partial charge on any atom is -0.359 e. The van der Waals surface area contributed by atoms with E-state index in [0.717, 1.165) is 10.8 Å². The van der Waals surface area contributed by atoms with Gasteiger partial charge in [-0.25, -0.2) is 4.98 Å². The average molecular weight is 274 g/mol. The van der Waals surface area contributed by atoms with Crippen LogP contribution in [0.15, 0.2) is 35.4 Å². The Bertz CT molecular complexity index is 682. The summed E-state index contributed by atoms with van der Waals surface area (Å²) in [5, 5.41) is 2.42. The molecule has 0 amide bonds. The zero-order valence-electron chi connectivity index (χ0n) is 10.4. The van der Waals surface area contributed by atoms with Gasteiger partial charge in [-0.3, -0.25) is 0 Å². The summed E-state index contributed by atoms with van der Waals surface area (Å²) in [7, 11) is 0. The molecule has 0 unspecified atom stereocenters. The van der Waals surface area contributed by atoms with Crippen molar-refractivity contribution in [1.29, 1.82) is 0 Å². The molecular weight excluding hydrogens is 260 g/mol. The molecule has 0 fully saturated rings. The van der Waals surface area contributed by atoms with Crippen molar-refractivity contribution in [2.24, 2.45) is 0 Å². The second kappa shape index (κ2) is 4.78. The molecule has 0 saturated carbocycles. The lowest BCUT2D eigenvalue weighted by Crippen LogP contribution is -1.76. The van der Waals surface area contributed by atoms with E-state index >= 15 is 0 Å². The lowest BCUT2D eigenvalue weighted by Gasteiger charge is -1.99. The van der Waals surface area contributed by atoms with Crippen LogP contribution < -0.4 is 0 Å². The van der Waals surface area contributed by atoms with E-state index in [-0.39, 0.29) is 0 Å². The highest BCUT2D eigenvalue weighted by Crippen LogP contribution is 2.28. The van der Waals surface area contributed by atoms with Crippen molar-refractivity contribution in [3.63, 3.8) is 0 Å². The number of benzene rings is 1. The molecule has 0 radical (unpaired) electrons. The zero-order chi connectivity index (χ0) is 12.5. The molecule has 18 heavy (non-hydrogen) atoms. The number of hydrogen-bond donors (Lipinski definition) is 1. The highest BCUT2D eigenvalue weighted by atomic mass is 32.2. The molecule has 4 heteroatoms. The summed E-state index contributed by atoms with van der Waals surface area (Å²) in [6.45, 7) is 4.14. The molecule has 3 rings (SSSR count). The number of nitrogens with zero attached hydrogens (tertiary/aromatic N) is 1. The van der Waals surface area contributed by atoms with Crippen molar-refractivity contribution in [3.05, 3.63) is 46.0 Å². The van der Waals surface area contributed by atoms with Crippen LogP contribution in [0.4, 0.5) is 0 Å². The van der Waals surface area contributed by atoms with Gasteiger partial charge in [-0.2, -0.15) is 0 Å². The van der Waals surface area contributed by atoms with Gasteiger partial charge in [0.15, 0.2) is 0 Å². The van der Waals surface area contributed by atoms with Crippen LogP contribution in [-0.4, -0.2) is 9.97 Å². The Kier molecular flexibility index (Phi) is 3.14. The predicted molar refractivity (Wildman–Crippen MR) is 79.4 cm³/mol. The maximum Gasteiger partial charge on any atom is 0.0897 e. The molecule has 92 valence electrons. The number of aromatic amines is 1. The molecule has 0 aliphatic rings. The van der Waals surface area contributed by atoms with Crippen LogP contribution in [0.25, 0.3) is 10.9 Å². The molecule has 2 aromatic heterocycles. The van der Waals surface area contributed by atoms with Crippen LogP contribution in [0.3, 0.4) is 0 Å². The summed E-state index contributed by atoms with van der Waals surface area (Å²) in [5.74, 6) is 0.997. The first-order chi connectivity index (χ1) is 8.70. The van der Waals surface area contributed by atoms with E-state index in [1.165, 1.54) is 26.4 Å². The fourth-order valence-electron chi connectivity index (χ4n) is 1.97. The molecule has 0 bridgehead atoms. The van der Waals surface area contributed by atoms with Crippen molar-refractivity contribution >= 4 is 34.0 Å². The summed E-state index contributed by atoms with van der Waals surface area (Å²) in [6, 6.07) is 8.77. The van der Waals surface area contributed by atoms with Crippen molar-refractivity contribution in [2.75, 3.05) is 0 Å². The van der Waals surface area contributed by atoms with Crippen LogP contribution in [0.5, 0.6) is 0 Å². The Morgan fingerprint density at radius 2 is 2.17 bits per heavy atom. The summed E-state index contributed by atoms with van der Waals surface area (Å²) >= 11 is 3.64. The van der Waals surface area contributed by atoms with Gasteiger partial charge in [0, 0.05) is 32.9 Å². The van der Waals surface area contributed by atoms with E-state index in [1.54, 1.807) is 11.3 Å². The van der Waals surface area contributed by atoms with Gasteiger partial charge in [0.05, 0.1) is 5.01 Å². The molecule has 1 aromatic carbocycles. The standard InChI is InChI=1S/C14H14N2S2/c1-9-5-11-3-4-12(6-14(11)16-9)17-8-13-7-15-10(2)18-13/h3-7,16H,8H2,1-2H3. The first kappa shape index (κ1) is 11.8. The van der Waals surface area contributed by atoms with E-state index in [0.29, 0.717) is 0 Å². The number of H-pyrrole nitrogens is 1. The average Bonchev–Trinajstić information content (AvgIpc) is 2.90. The van der Waals surface area contributed by atoms with E-state index in [9.17, 15) is 0 Å². The van der Waals surface area contributed by atoms with Crippen LogP contribution in [0.1, 0.15) is 15.6 Å². The van der Waals surface area contributed by atoms with Gasteiger partial charge in [0.2, 0.25) is 0 Å². The molecule has 0 aliphatic carbocycles. The summed E-state index contributed by atoms with van der Waals surface area (Å²) in [6.07, 6.45) is 1.98. The number of aromatic nitrogens is 2. The Labute approximate surface area is 114 Å². The zero-order valence-corrected chi connectivity index (χ0v) is 12.0. The van der Waals surface area contributed by atoms with Gasteiger partial charge in [0.1, 0.15) is 0 Å². The summed E-state index contributed by atoms with van der Waals surface area (Å²) in [5.41, 5.74) is 2.43. The maximum atomic E-state index is 4.28. The highest BCUT2D eigenvalue weighted by molar-refractivity contribution is 7.98. The van der Waals surface area contributed by atoms with Gasteiger partial charge >= 0.3 is 0 Å². The fraction of sp³-hybridized carbons (Fsp3) is 0.214.